The van der Waals surface area contributed by atoms with Gasteiger partial charge >= 0.3 is 0 Å². The van der Waals surface area contributed by atoms with Crippen LogP contribution < -0.4 is 10.6 Å². The normalized spacial score (nSPS) is 16.6. The molecular weight excluding hydrogens is 465 g/mol. The molecule has 1 aromatic heterocycles. The molecule has 0 bridgehead atoms. The van der Waals surface area contributed by atoms with E-state index in [1.165, 1.54) is 17.0 Å². The lowest BCUT2D eigenvalue weighted by Gasteiger charge is -2.24. The number of imidazole rings is 1. The van der Waals surface area contributed by atoms with Crippen LogP contribution in [0.4, 0.5) is 0 Å². The van der Waals surface area contributed by atoms with E-state index in [0.29, 0.717) is 34.9 Å². The first kappa shape index (κ1) is 23.1. The number of likely N-dealkylation sites (tertiary alicyclic amines) is 1. The van der Waals surface area contributed by atoms with Gasteiger partial charge in [-0.3, -0.25) is 14.4 Å². The minimum atomic E-state index is -0.513. The third kappa shape index (κ3) is 4.67. The third-order valence-corrected chi connectivity index (χ3v) is 6.29. The number of rotatable bonds is 5. The molecule has 8 nitrogen and oxygen atoms in total. The molecule has 1 aliphatic heterocycles. The number of fused-ring (bicyclic) bond motifs is 1. The highest BCUT2D eigenvalue weighted by Gasteiger charge is 2.34. The standard InChI is InChI=1S/C23H23Cl2N5O3/c1-12(20-28-17-8-6-14(24)11-18(17)29-20)27-21(31)13-5-7-15(16(25)10-13)23(33)30-9-3-4-19(30)22(32)26-2/h5-8,10-12,19H,3-4,9H2,1-2H3,(H,26,32)(H,27,31)(H,28,29)/t12-,19-/m0/s1. The molecule has 3 aromatic rings. The van der Waals surface area contributed by atoms with Crippen LogP contribution in [-0.2, 0) is 4.79 Å². The SMILES string of the molecule is CNC(=O)[C@@H]1CCCN1C(=O)c1ccc(C(=O)N[C@@H](C)c2nc3cc(Cl)ccc3[nH]2)cc1Cl. The van der Waals surface area contributed by atoms with Crippen LogP contribution in [0.5, 0.6) is 0 Å². The summed E-state index contributed by atoms with van der Waals surface area (Å²) in [4.78, 5) is 47.0. The van der Waals surface area contributed by atoms with Crippen LogP contribution in [-0.4, -0.2) is 52.2 Å². The summed E-state index contributed by atoms with van der Waals surface area (Å²) in [5.74, 6) is -0.290. The third-order valence-electron chi connectivity index (χ3n) is 5.75. The number of amides is 3. The van der Waals surface area contributed by atoms with Crippen molar-refractivity contribution in [3.05, 3.63) is 63.4 Å². The molecule has 1 saturated heterocycles. The van der Waals surface area contributed by atoms with Crippen LogP contribution in [0.2, 0.25) is 10.0 Å². The Morgan fingerprint density at radius 2 is 1.97 bits per heavy atom. The molecule has 2 aromatic carbocycles. The molecule has 10 heteroatoms. The van der Waals surface area contributed by atoms with Crippen LogP contribution in [0, 0.1) is 0 Å². The molecule has 3 amide bonds. The number of carbonyl (C=O) groups is 3. The molecular formula is C23H23Cl2N5O3. The summed E-state index contributed by atoms with van der Waals surface area (Å²) in [5.41, 5.74) is 2.10. The highest BCUT2D eigenvalue weighted by atomic mass is 35.5. The van der Waals surface area contributed by atoms with Gasteiger partial charge in [-0.1, -0.05) is 23.2 Å². The molecule has 0 aliphatic carbocycles. The van der Waals surface area contributed by atoms with Gasteiger partial charge in [0.2, 0.25) is 5.91 Å². The zero-order valence-corrected chi connectivity index (χ0v) is 19.6. The summed E-state index contributed by atoms with van der Waals surface area (Å²) < 4.78 is 0. The molecule has 33 heavy (non-hydrogen) atoms. The Morgan fingerprint density at radius 3 is 2.70 bits per heavy atom. The minimum Gasteiger partial charge on any atom is -0.357 e. The number of hydrogen-bond acceptors (Lipinski definition) is 4. The van der Waals surface area contributed by atoms with Gasteiger partial charge in [0, 0.05) is 24.2 Å². The molecule has 1 aliphatic rings. The second kappa shape index (κ2) is 9.41. The maximum Gasteiger partial charge on any atom is 0.256 e. The first-order valence-corrected chi connectivity index (χ1v) is 11.3. The van der Waals surface area contributed by atoms with E-state index in [1.807, 2.05) is 13.0 Å². The lowest BCUT2D eigenvalue weighted by Crippen LogP contribution is -2.45. The van der Waals surface area contributed by atoms with E-state index in [1.54, 1.807) is 25.2 Å². The summed E-state index contributed by atoms with van der Waals surface area (Å²) in [6.45, 7) is 2.29. The summed E-state index contributed by atoms with van der Waals surface area (Å²) >= 11 is 12.4. The van der Waals surface area contributed by atoms with E-state index in [2.05, 4.69) is 20.6 Å². The fraction of sp³-hybridized carbons (Fsp3) is 0.304. The molecule has 2 heterocycles. The fourth-order valence-corrected chi connectivity index (χ4v) is 4.41. The Bertz CT molecular complexity index is 1240. The smallest absolute Gasteiger partial charge is 0.256 e. The first-order chi connectivity index (χ1) is 15.8. The van der Waals surface area contributed by atoms with Crippen molar-refractivity contribution in [3.8, 4) is 0 Å². The van der Waals surface area contributed by atoms with Crippen LogP contribution >= 0.6 is 23.2 Å². The van der Waals surface area contributed by atoms with Crippen molar-refractivity contribution in [2.45, 2.75) is 31.8 Å². The van der Waals surface area contributed by atoms with Gasteiger partial charge in [-0.25, -0.2) is 4.98 Å². The monoisotopic (exact) mass is 487 g/mol. The fourth-order valence-electron chi connectivity index (χ4n) is 3.99. The molecule has 0 radical (unpaired) electrons. The number of likely N-dealkylation sites (N-methyl/N-ethyl adjacent to an activating group) is 1. The summed E-state index contributed by atoms with van der Waals surface area (Å²) in [7, 11) is 1.55. The maximum atomic E-state index is 13.0. The van der Waals surface area contributed by atoms with Gasteiger partial charge in [0.1, 0.15) is 11.9 Å². The minimum absolute atomic E-state index is 0.154. The van der Waals surface area contributed by atoms with Crippen LogP contribution in [0.3, 0.4) is 0 Å². The lowest BCUT2D eigenvalue weighted by atomic mass is 10.1. The first-order valence-electron chi connectivity index (χ1n) is 10.6. The average Bonchev–Trinajstić information content (AvgIpc) is 3.45. The van der Waals surface area contributed by atoms with Crippen molar-refractivity contribution in [1.82, 2.24) is 25.5 Å². The van der Waals surface area contributed by atoms with Crippen molar-refractivity contribution < 1.29 is 14.4 Å². The molecule has 2 atom stereocenters. The number of nitrogens with one attached hydrogen (secondary N) is 3. The highest BCUT2D eigenvalue weighted by Crippen LogP contribution is 2.26. The predicted molar refractivity (Wildman–Crippen MR) is 127 cm³/mol. The van der Waals surface area contributed by atoms with E-state index in [4.69, 9.17) is 23.2 Å². The van der Waals surface area contributed by atoms with Crippen LogP contribution in [0.1, 0.15) is 52.3 Å². The van der Waals surface area contributed by atoms with Gasteiger partial charge in [-0.2, -0.15) is 0 Å². The van der Waals surface area contributed by atoms with Crippen molar-refractivity contribution in [2.75, 3.05) is 13.6 Å². The van der Waals surface area contributed by atoms with Gasteiger partial charge in [0.15, 0.2) is 0 Å². The number of hydrogen-bond donors (Lipinski definition) is 3. The molecule has 0 unspecified atom stereocenters. The summed E-state index contributed by atoms with van der Waals surface area (Å²) in [5, 5.41) is 6.20. The number of halogens is 2. The van der Waals surface area contributed by atoms with Crippen LogP contribution in [0.25, 0.3) is 11.0 Å². The number of carbonyl (C=O) groups excluding carboxylic acids is 3. The second-order valence-corrected chi connectivity index (χ2v) is 8.79. The van der Waals surface area contributed by atoms with E-state index in [0.717, 1.165) is 11.9 Å². The maximum absolute atomic E-state index is 13.0. The molecule has 1 fully saturated rings. The van der Waals surface area contributed by atoms with Crippen molar-refractivity contribution in [2.24, 2.45) is 0 Å². The number of nitrogens with zero attached hydrogens (tertiary/aromatic N) is 2. The highest BCUT2D eigenvalue weighted by molar-refractivity contribution is 6.34. The van der Waals surface area contributed by atoms with E-state index in [9.17, 15) is 14.4 Å². The average molecular weight is 488 g/mol. The Labute approximate surface area is 200 Å². The van der Waals surface area contributed by atoms with Crippen molar-refractivity contribution in [3.63, 3.8) is 0 Å². The molecule has 0 saturated carbocycles. The number of aromatic nitrogens is 2. The molecule has 172 valence electrons. The number of benzene rings is 2. The lowest BCUT2D eigenvalue weighted by molar-refractivity contribution is -0.124. The largest absolute Gasteiger partial charge is 0.357 e. The summed E-state index contributed by atoms with van der Waals surface area (Å²) in [6, 6.07) is 8.95. The van der Waals surface area contributed by atoms with E-state index >= 15 is 0 Å². The van der Waals surface area contributed by atoms with E-state index < -0.39 is 12.1 Å². The zero-order valence-electron chi connectivity index (χ0n) is 18.1. The topological polar surface area (TPSA) is 107 Å². The van der Waals surface area contributed by atoms with Gasteiger partial charge < -0.3 is 20.5 Å². The number of aromatic amines is 1. The molecule has 3 N–H and O–H groups in total. The Morgan fingerprint density at radius 1 is 1.18 bits per heavy atom. The second-order valence-electron chi connectivity index (χ2n) is 7.94. The number of H-pyrrole nitrogens is 1. The van der Waals surface area contributed by atoms with Crippen LogP contribution in [0.15, 0.2) is 36.4 Å². The van der Waals surface area contributed by atoms with Gasteiger partial charge in [-0.05, 0) is 56.2 Å². The Kier molecular flexibility index (Phi) is 6.58. The van der Waals surface area contributed by atoms with Gasteiger partial charge in [0.05, 0.1) is 27.7 Å². The van der Waals surface area contributed by atoms with Gasteiger partial charge in [0.25, 0.3) is 11.8 Å². The van der Waals surface area contributed by atoms with Crippen molar-refractivity contribution in [1.29, 1.82) is 0 Å². The molecule has 4 rings (SSSR count). The summed E-state index contributed by atoms with van der Waals surface area (Å²) in [6.07, 6.45) is 1.35. The quantitative estimate of drug-likeness (QED) is 0.509. The zero-order chi connectivity index (χ0) is 23.7. The van der Waals surface area contributed by atoms with E-state index in [-0.39, 0.29) is 28.3 Å². The van der Waals surface area contributed by atoms with Crippen molar-refractivity contribution >= 4 is 52.0 Å². The predicted octanol–water partition coefficient (Wildman–Crippen LogP) is 3.71. The Balaban J connectivity index is 1.48. The van der Waals surface area contributed by atoms with Gasteiger partial charge in [-0.15, -0.1) is 0 Å². The Hall–Kier alpha value is -3.10. The molecule has 0 spiro atoms.